The van der Waals surface area contributed by atoms with E-state index >= 15 is 0 Å². The van der Waals surface area contributed by atoms with Gasteiger partial charge in [0.15, 0.2) is 5.58 Å². The van der Waals surface area contributed by atoms with Gasteiger partial charge in [-0.05, 0) is 17.5 Å². The average molecular weight is 250 g/mol. The molecule has 0 radical (unpaired) electrons. The zero-order chi connectivity index (χ0) is 12.5. The summed E-state index contributed by atoms with van der Waals surface area (Å²) >= 11 is 1.62. The van der Waals surface area contributed by atoms with Crippen molar-refractivity contribution in [2.45, 2.75) is 31.2 Å². The van der Waals surface area contributed by atoms with Gasteiger partial charge in [-0.25, -0.2) is 4.98 Å². The van der Waals surface area contributed by atoms with Crippen molar-refractivity contribution in [2.24, 2.45) is 11.1 Å². The normalized spacial score (nSPS) is 14.1. The lowest BCUT2D eigenvalue weighted by molar-refractivity contribution is 0.393. The summed E-state index contributed by atoms with van der Waals surface area (Å²) in [5, 5.41) is 1.01. The average Bonchev–Trinajstić information content (AvgIpc) is 2.66. The third-order valence-corrected chi connectivity index (χ3v) is 4.26. The number of fused-ring (bicyclic) bond motifs is 1. The van der Waals surface area contributed by atoms with Gasteiger partial charge in [0.05, 0.1) is 0 Å². The zero-order valence-corrected chi connectivity index (χ0v) is 11.3. The highest BCUT2D eigenvalue weighted by Crippen LogP contribution is 2.35. The monoisotopic (exact) mass is 250 g/mol. The highest BCUT2D eigenvalue weighted by Gasteiger charge is 2.26. The van der Waals surface area contributed by atoms with Crippen LogP contribution in [0, 0.1) is 5.41 Å². The van der Waals surface area contributed by atoms with Gasteiger partial charge in [-0.2, -0.15) is 0 Å². The Balaban J connectivity index is 2.23. The molecule has 2 aromatic rings. The lowest BCUT2D eigenvalue weighted by atomic mass is 9.92. The van der Waals surface area contributed by atoms with Crippen LogP contribution in [-0.2, 0) is 0 Å². The van der Waals surface area contributed by atoms with Crippen LogP contribution < -0.4 is 5.73 Å². The molecular weight excluding hydrogens is 232 g/mol. The molecule has 0 fully saturated rings. The predicted molar refractivity (Wildman–Crippen MR) is 72.2 cm³/mol. The number of benzene rings is 1. The van der Waals surface area contributed by atoms with Crippen LogP contribution in [0.15, 0.2) is 33.9 Å². The van der Waals surface area contributed by atoms with E-state index in [4.69, 9.17) is 10.2 Å². The lowest BCUT2D eigenvalue weighted by Crippen LogP contribution is -2.30. The maximum absolute atomic E-state index is 5.81. The van der Waals surface area contributed by atoms with Crippen molar-refractivity contribution >= 4 is 22.9 Å². The molecule has 0 aliphatic heterocycles. The molecule has 0 aliphatic rings. The molecule has 92 valence electrons. The van der Waals surface area contributed by atoms with Crippen molar-refractivity contribution < 1.29 is 4.42 Å². The minimum atomic E-state index is 0.139. The smallest absolute Gasteiger partial charge is 0.257 e. The summed E-state index contributed by atoms with van der Waals surface area (Å²) in [4.78, 5) is 4.45. The molecule has 2 rings (SSSR count). The second kappa shape index (κ2) is 4.70. The largest absolute Gasteiger partial charge is 0.431 e. The van der Waals surface area contributed by atoms with Crippen molar-refractivity contribution in [3.63, 3.8) is 0 Å². The summed E-state index contributed by atoms with van der Waals surface area (Å²) in [6, 6.07) is 7.80. The van der Waals surface area contributed by atoms with Gasteiger partial charge >= 0.3 is 0 Å². The van der Waals surface area contributed by atoms with E-state index in [2.05, 4.69) is 25.8 Å². The van der Waals surface area contributed by atoms with Crippen LogP contribution in [0.4, 0.5) is 0 Å². The summed E-state index contributed by atoms with van der Waals surface area (Å²) in [5.41, 5.74) is 7.69. The highest BCUT2D eigenvalue weighted by atomic mass is 32.2. The number of nitrogens with zero attached hydrogens (tertiary/aromatic N) is 1. The minimum Gasteiger partial charge on any atom is -0.431 e. The summed E-state index contributed by atoms with van der Waals surface area (Å²) in [5.74, 6) is 0. The van der Waals surface area contributed by atoms with E-state index in [-0.39, 0.29) is 5.41 Å². The van der Waals surface area contributed by atoms with Gasteiger partial charge in [-0.15, -0.1) is 0 Å². The summed E-state index contributed by atoms with van der Waals surface area (Å²) < 4.78 is 5.69. The Labute approximate surface area is 106 Å². The molecule has 3 nitrogen and oxygen atoms in total. The van der Waals surface area contributed by atoms with Crippen LogP contribution in [0.2, 0.25) is 0 Å². The standard InChI is InChI=1S/C13H18N2OS/c1-13(2,3)11(8-14)17-12-15-9-6-4-5-7-10(9)16-12/h4-7,11H,8,14H2,1-3H3. The van der Waals surface area contributed by atoms with Crippen molar-refractivity contribution in [3.8, 4) is 0 Å². The number of hydrogen-bond donors (Lipinski definition) is 1. The van der Waals surface area contributed by atoms with E-state index in [1.54, 1.807) is 11.8 Å². The third kappa shape index (κ3) is 2.82. The van der Waals surface area contributed by atoms with Crippen molar-refractivity contribution in [1.82, 2.24) is 4.98 Å². The second-order valence-electron chi connectivity index (χ2n) is 5.16. The molecular formula is C13H18N2OS. The highest BCUT2D eigenvalue weighted by molar-refractivity contribution is 7.99. The Morgan fingerprint density at radius 2 is 2.06 bits per heavy atom. The van der Waals surface area contributed by atoms with Gasteiger partial charge in [-0.1, -0.05) is 44.7 Å². The van der Waals surface area contributed by atoms with Gasteiger partial charge in [0, 0.05) is 11.8 Å². The molecule has 0 saturated heterocycles. The minimum absolute atomic E-state index is 0.139. The number of para-hydroxylation sites is 2. The molecule has 0 spiro atoms. The Kier molecular flexibility index (Phi) is 3.45. The number of thioether (sulfide) groups is 1. The molecule has 1 aromatic heterocycles. The summed E-state index contributed by atoms with van der Waals surface area (Å²) in [7, 11) is 0. The number of nitrogens with two attached hydrogens (primary N) is 1. The van der Waals surface area contributed by atoms with Crippen LogP contribution in [0.5, 0.6) is 0 Å². The van der Waals surface area contributed by atoms with E-state index in [9.17, 15) is 0 Å². The summed E-state index contributed by atoms with van der Waals surface area (Å²) in [6.07, 6.45) is 0. The van der Waals surface area contributed by atoms with Crippen LogP contribution in [0.25, 0.3) is 11.1 Å². The van der Waals surface area contributed by atoms with Crippen LogP contribution in [-0.4, -0.2) is 16.8 Å². The van der Waals surface area contributed by atoms with Crippen LogP contribution in [0.1, 0.15) is 20.8 Å². The zero-order valence-electron chi connectivity index (χ0n) is 10.4. The van der Waals surface area contributed by atoms with Crippen molar-refractivity contribution in [1.29, 1.82) is 0 Å². The second-order valence-corrected chi connectivity index (χ2v) is 6.31. The first-order valence-corrected chi connectivity index (χ1v) is 6.61. The fraction of sp³-hybridized carbons (Fsp3) is 0.462. The SMILES string of the molecule is CC(C)(C)C(CN)Sc1nc2ccccc2o1. The molecule has 0 aliphatic carbocycles. The fourth-order valence-corrected chi connectivity index (χ4v) is 2.58. The maximum Gasteiger partial charge on any atom is 0.257 e. The molecule has 0 bridgehead atoms. The van der Waals surface area contributed by atoms with Gasteiger partial charge in [-0.3, -0.25) is 0 Å². The first kappa shape index (κ1) is 12.5. The first-order valence-electron chi connectivity index (χ1n) is 5.73. The molecule has 1 unspecified atom stereocenters. The molecule has 0 saturated carbocycles. The molecule has 0 amide bonds. The topological polar surface area (TPSA) is 52.0 Å². The molecule has 1 aromatic carbocycles. The van der Waals surface area contributed by atoms with Gasteiger partial charge in [0.2, 0.25) is 0 Å². The Morgan fingerprint density at radius 3 is 2.65 bits per heavy atom. The Morgan fingerprint density at radius 1 is 1.35 bits per heavy atom. The van der Waals surface area contributed by atoms with Gasteiger partial charge in [0.25, 0.3) is 5.22 Å². The van der Waals surface area contributed by atoms with Crippen LogP contribution in [0.3, 0.4) is 0 Å². The number of oxazole rings is 1. The Hall–Kier alpha value is -1.00. The third-order valence-electron chi connectivity index (χ3n) is 2.70. The number of rotatable bonds is 3. The Bertz CT molecular complexity index is 468. The number of aromatic nitrogens is 1. The maximum atomic E-state index is 5.81. The molecule has 2 N–H and O–H groups in total. The van der Waals surface area contributed by atoms with E-state index in [0.717, 1.165) is 11.1 Å². The fourth-order valence-electron chi connectivity index (χ4n) is 1.60. The van der Waals surface area contributed by atoms with E-state index in [1.165, 1.54) is 0 Å². The molecule has 1 atom stereocenters. The quantitative estimate of drug-likeness (QED) is 0.849. The number of hydrogen-bond acceptors (Lipinski definition) is 4. The molecule has 1 heterocycles. The van der Waals surface area contributed by atoms with Gasteiger partial charge < -0.3 is 10.2 Å². The van der Waals surface area contributed by atoms with Crippen molar-refractivity contribution in [3.05, 3.63) is 24.3 Å². The van der Waals surface area contributed by atoms with E-state index in [0.29, 0.717) is 17.0 Å². The van der Waals surface area contributed by atoms with Crippen molar-refractivity contribution in [2.75, 3.05) is 6.54 Å². The van der Waals surface area contributed by atoms with Gasteiger partial charge in [0.1, 0.15) is 5.52 Å². The van der Waals surface area contributed by atoms with Crippen LogP contribution >= 0.6 is 11.8 Å². The lowest BCUT2D eigenvalue weighted by Gasteiger charge is -2.27. The van der Waals surface area contributed by atoms with E-state index < -0.39 is 0 Å². The molecule has 4 heteroatoms. The van der Waals surface area contributed by atoms with E-state index in [1.807, 2.05) is 24.3 Å². The predicted octanol–water partition coefficient (Wildman–Crippen LogP) is 3.29. The first-order chi connectivity index (χ1) is 8.00. The summed E-state index contributed by atoms with van der Waals surface area (Å²) in [6.45, 7) is 7.16. The molecule has 17 heavy (non-hydrogen) atoms.